The van der Waals surface area contributed by atoms with E-state index in [1.54, 1.807) is 0 Å². The number of carbonyl (C=O) groups is 1. The highest BCUT2D eigenvalue weighted by atomic mass is 79.9. The molecule has 0 saturated carbocycles. The first-order valence-electron chi connectivity index (χ1n) is 5.81. The third-order valence-electron chi connectivity index (χ3n) is 2.74. The molecule has 0 bridgehead atoms. The normalized spacial score (nSPS) is 10.3. The molecular formula is C15H13Br2NO. The average Bonchev–Trinajstić information content (AvgIpc) is 2.32. The number of nitrogens with one attached hydrogen (secondary N) is 1. The van der Waals surface area contributed by atoms with Gasteiger partial charge in [0.05, 0.1) is 11.3 Å². The van der Waals surface area contributed by atoms with E-state index < -0.39 is 0 Å². The first kappa shape index (κ1) is 14.3. The lowest BCUT2D eigenvalue weighted by Crippen LogP contribution is -2.13. The van der Waals surface area contributed by atoms with Crippen LogP contribution in [0.1, 0.15) is 21.5 Å². The minimum absolute atomic E-state index is 0.128. The summed E-state index contributed by atoms with van der Waals surface area (Å²) in [5.41, 5.74) is 3.64. The van der Waals surface area contributed by atoms with Crippen LogP contribution in [-0.4, -0.2) is 5.91 Å². The van der Waals surface area contributed by atoms with Crippen LogP contribution in [0.4, 0.5) is 5.69 Å². The predicted molar refractivity (Wildman–Crippen MR) is 85.7 cm³/mol. The van der Waals surface area contributed by atoms with Gasteiger partial charge >= 0.3 is 0 Å². The van der Waals surface area contributed by atoms with E-state index in [-0.39, 0.29) is 5.91 Å². The summed E-state index contributed by atoms with van der Waals surface area (Å²) in [6.45, 7) is 4.00. The van der Waals surface area contributed by atoms with Crippen LogP contribution in [0, 0.1) is 13.8 Å². The molecular weight excluding hydrogens is 370 g/mol. The monoisotopic (exact) mass is 381 g/mol. The smallest absolute Gasteiger partial charge is 0.256 e. The van der Waals surface area contributed by atoms with Gasteiger partial charge in [-0.3, -0.25) is 4.79 Å². The van der Waals surface area contributed by atoms with Gasteiger partial charge in [0.15, 0.2) is 0 Å². The molecule has 98 valence electrons. The van der Waals surface area contributed by atoms with E-state index in [1.165, 1.54) is 0 Å². The van der Waals surface area contributed by atoms with E-state index in [1.807, 2.05) is 50.2 Å². The Morgan fingerprint density at radius 3 is 2.11 bits per heavy atom. The first-order chi connectivity index (χ1) is 8.97. The van der Waals surface area contributed by atoms with Gasteiger partial charge in [-0.25, -0.2) is 0 Å². The van der Waals surface area contributed by atoms with E-state index in [0.717, 1.165) is 25.8 Å². The quantitative estimate of drug-likeness (QED) is 0.770. The van der Waals surface area contributed by atoms with Crippen molar-refractivity contribution in [3.05, 3.63) is 62.0 Å². The molecule has 0 spiro atoms. The van der Waals surface area contributed by atoms with Crippen LogP contribution < -0.4 is 5.32 Å². The second kappa shape index (κ2) is 5.88. The number of anilines is 1. The van der Waals surface area contributed by atoms with Crippen LogP contribution in [0.25, 0.3) is 0 Å². The predicted octanol–water partition coefficient (Wildman–Crippen LogP) is 5.08. The van der Waals surface area contributed by atoms with Gasteiger partial charge in [-0.05, 0) is 81.1 Å². The highest BCUT2D eigenvalue weighted by Crippen LogP contribution is 2.25. The highest BCUT2D eigenvalue weighted by Gasteiger charge is 2.11. The number of aryl methyl sites for hydroxylation is 2. The van der Waals surface area contributed by atoms with Gasteiger partial charge in [0.25, 0.3) is 5.91 Å². The molecule has 2 nitrogen and oxygen atoms in total. The van der Waals surface area contributed by atoms with Crippen LogP contribution in [0.15, 0.2) is 45.3 Å². The van der Waals surface area contributed by atoms with Crippen molar-refractivity contribution in [1.29, 1.82) is 0 Å². The van der Waals surface area contributed by atoms with Gasteiger partial charge in [-0.15, -0.1) is 0 Å². The number of carbonyl (C=O) groups excluding carboxylic acids is 1. The van der Waals surface area contributed by atoms with Gasteiger partial charge < -0.3 is 5.32 Å². The maximum atomic E-state index is 12.2. The van der Waals surface area contributed by atoms with Crippen molar-refractivity contribution < 1.29 is 4.79 Å². The Morgan fingerprint density at radius 2 is 1.53 bits per heavy atom. The number of benzene rings is 2. The summed E-state index contributed by atoms with van der Waals surface area (Å²) in [7, 11) is 0. The zero-order valence-electron chi connectivity index (χ0n) is 10.6. The highest BCUT2D eigenvalue weighted by molar-refractivity contribution is 9.11. The van der Waals surface area contributed by atoms with Gasteiger partial charge in [-0.1, -0.05) is 12.1 Å². The fraction of sp³-hybridized carbons (Fsp3) is 0.133. The van der Waals surface area contributed by atoms with Gasteiger partial charge in [0.2, 0.25) is 0 Å². The summed E-state index contributed by atoms with van der Waals surface area (Å²) in [5, 5.41) is 2.90. The number of hydrogen-bond acceptors (Lipinski definition) is 1. The van der Waals surface area contributed by atoms with Crippen molar-refractivity contribution in [1.82, 2.24) is 0 Å². The Bertz CT molecular complexity index is 638. The summed E-state index contributed by atoms with van der Waals surface area (Å²) in [6.07, 6.45) is 0. The Morgan fingerprint density at radius 1 is 0.947 bits per heavy atom. The fourth-order valence-electron chi connectivity index (χ4n) is 1.72. The van der Waals surface area contributed by atoms with Crippen LogP contribution in [0.2, 0.25) is 0 Å². The number of amides is 1. The largest absolute Gasteiger partial charge is 0.321 e. The van der Waals surface area contributed by atoms with Crippen molar-refractivity contribution in [2.24, 2.45) is 0 Å². The second-order valence-corrected chi connectivity index (χ2v) is 6.13. The molecule has 2 aromatic rings. The molecule has 0 saturated heterocycles. The molecule has 0 unspecified atom stereocenters. The standard InChI is InChI=1S/C15H13Br2NO/c1-9-3-5-11(12(16)7-9)15(19)18-14-6-4-10(2)8-13(14)17/h3-8H,1-2H3,(H,18,19). The summed E-state index contributed by atoms with van der Waals surface area (Å²) in [5.74, 6) is -0.128. The molecule has 0 aromatic heterocycles. The summed E-state index contributed by atoms with van der Waals surface area (Å²) in [6, 6.07) is 11.5. The molecule has 0 aliphatic rings. The molecule has 0 fully saturated rings. The summed E-state index contributed by atoms with van der Waals surface area (Å²) >= 11 is 6.87. The summed E-state index contributed by atoms with van der Waals surface area (Å²) in [4.78, 5) is 12.2. The number of hydrogen-bond donors (Lipinski definition) is 1. The van der Waals surface area contributed by atoms with E-state index in [9.17, 15) is 4.79 Å². The van der Waals surface area contributed by atoms with E-state index in [4.69, 9.17) is 0 Å². The Hall–Kier alpha value is -1.13. The van der Waals surface area contributed by atoms with Gasteiger partial charge in [-0.2, -0.15) is 0 Å². The van der Waals surface area contributed by atoms with Crippen molar-refractivity contribution in [2.45, 2.75) is 13.8 Å². The molecule has 0 heterocycles. The summed E-state index contributed by atoms with van der Waals surface area (Å²) < 4.78 is 1.68. The molecule has 2 rings (SSSR count). The third kappa shape index (κ3) is 3.45. The molecule has 19 heavy (non-hydrogen) atoms. The lowest BCUT2D eigenvalue weighted by Gasteiger charge is -2.09. The van der Waals surface area contributed by atoms with E-state index in [2.05, 4.69) is 37.2 Å². The third-order valence-corrected chi connectivity index (χ3v) is 4.05. The molecule has 2 aromatic carbocycles. The Balaban J connectivity index is 2.25. The zero-order valence-corrected chi connectivity index (χ0v) is 13.8. The first-order valence-corrected chi connectivity index (χ1v) is 7.39. The molecule has 4 heteroatoms. The SMILES string of the molecule is Cc1ccc(NC(=O)c2ccc(C)cc2Br)c(Br)c1. The van der Waals surface area contributed by atoms with Crippen LogP contribution in [-0.2, 0) is 0 Å². The van der Waals surface area contributed by atoms with Gasteiger partial charge in [0.1, 0.15) is 0 Å². The maximum absolute atomic E-state index is 12.2. The van der Waals surface area contributed by atoms with Crippen LogP contribution in [0.3, 0.4) is 0 Å². The minimum atomic E-state index is -0.128. The molecule has 0 radical (unpaired) electrons. The van der Waals surface area contributed by atoms with Crippen molar-refractivity contribution in [2.75, 3.05) is 5.32 Å². The lowest BCUT2D eigenvalue weighted by atomic mass is 10.1. The second-order valence-electron chi connectivity index (χ2n) is 4.42. The zero-order chi connectivity index (χ0) is 14.0. The van der Waals surface area contributed by atoms with E-state index in [0.29, 0.717) is 5.56 Å². The molecule has 1 amide bonds. The average molecular weight is 383 g/mol. The maximum Gasteiger partial charge on any atom is 0.256 e. The van der Waals surface area contributed by atoms with Crippen molar-refractivity contribution in [3.63, 3.8) is 0 Å². The topological polar surface area (TPSA) is 29.1 Å². The van der Waals surface area contributed by atoms with Crippen molar-refractivity contribution in [3.8, 4) is 0 Å². The molecule has 0 aliphatic heterocycles. The molecule has 1 N–H and O–H groups in total. The van der Waals surface area contributed by atoms with Crippen LogP contribution in [0.5, 0.6) is 0 Å². The lowest BCUT2D eigenvalue weighted by molar-refractivity contribution is 0.102. The van der Waals surface area contributed by atoms with E-state index >= 15 is 0 Å². The minimum Gasteiger partial charge on any atom is -0.321 e. The fourth-order valence-corrected chi connectivity index (χ4v) is 2.98. The molecule has 0 aliphatic carbocycles. The molecule has 0 atom stereocenters. The van der Waals surface area contributed by atoms with Gasteiger partial charge in [0, 0.05) is 8.95 Å². The Kier molecular flexibility index (Phi) is 4.42. The Labute approximate surface area is 129 Å². The number of halogens is 2. The number of rotatable bonds is 2. The van der Waals surface area contributed by atoms with Crippen molar-refractivity contribution >= 4 is 43.5 Å². The van der Waals surface area contributed by atoms with Crippen LogP contribution >= 0.6 is 31.9 Å².